The zero-order valence-electron chi connectivity index (χ0n) is 15.2. The van der Waals surface area contributed by atoms with Crippen LogP contribution in [0.1, 0.15) is 31.4 Å². The van der Waals surface area contributed by atoms with Crippen LogP contribution >= 0.6 is 11.8 Å². The summed E-state index contributed by atoms with van der Waals surface area (Å²) in [5.41, 5.74) is 2.03. The van der Waals surface area contributed by atoms with Gasteiger partial charge in [-0.1, -0.05) is 17.8 Å². The van der Waals surface area contributed by atoms with Crippen LogP contribution in [0.25, 0.3) is 11.4 Å². The minimum absolute atomic E-state index is 0.145. The highest BCUT2D eigenvalue weighted by Gasteiger charge is 2.31. The lowest BCUT2D eigenvalue weighted by molar-refractivity contribution is -0.115. The molecule has 0 unspecified atom stereocenters. The van der Waals surface area contributed by atoms with Crippen LogP contribution < -0.4 is 5.32 Å². The maximum Gasteiger partial charge on any atom is 0.237 e. The molecule has 1 aliphatic carbocycles. The topological polar surface area (TPSA) is 96.5 Å². The summed E-state index contributed by atoms with van der Waals surface area (Å²) in [5.74, 6) is 0.640. The monoisotopic (exact) mass is 390 g/mol. The van der Waals surface area contributed by atoms with E-state index in [2.05, 4.69) is 31.1 Å². The summed E-state index contributed by atoms with van der Waals surface area (Å²) < 4.78 is 2.11. The molecule has 1 amide bonds. The Hall–Kier alpha value is -3.18. The summed E-state index contributed by atoms with van der Waals surface area (Å²) in [7, 11) is 0. The van der Waals surface area contributed by atoms with E-state index in [9.17, 15) is 4.79 Å². The molecule has 0 saturated heterocycles. The summed E-state index contributed by atoms with van der Waals surface area (Å²) in [6.45, 7) is 1.84. The minimum atomic E-state index is -0.366. The number of aromatic nitrogens is 4. The van der Waals surface area contributed by atoms with E-state index in [4.69, 9.17) is 5.26 Å². The second kappa shape index (κ2) is 7.82. The summed E-state index contributed by atoms with van der Waals surface area (Å²) in [5, 5.41) is 20.9. The Kier molecular flexibility index (Phi) is 5.08. The molecular weight excluding hydrogens is 372 g/mol. The summed E-state index contributed by atoms with van der Waals surface area (Å²) in [4.78, 5) is 16.8. The van der Waals surface area contributed by atoms with Crippen LogP contribution in [-0.4, -0.2) is 30.9 Å². The molecule has 3 aromatic rings. The molecule has 2 heterocycles. The number of carbonyl (C=O) groups excluding carboxylic acids is 1. The van der Waals surface area contributed by atoms with Gasteiger partial charge < -0.3 is 5.32 Å². The first-order valence-corrected chi connectivity index (χ1v) is 9.86. The molecule has 0 radical (unpaired) electrons. The van der Waals surface area contributed by atoms with Crippen LogP contribution in [0.3, 0.4) is 0 Å². The highest BCUT2D eigenvalue weighted by Crippen LogP contribution is 2.41. The van der Waals surface area contributed by atoms with E-state index < -0.39 is 0 Å². The number of hydrogen-bond donors (Lipinski definition) is 1. The van der Waals surface area contributed by atoms with Gasteiger partial charge in [-0.15, -0.1) is 10.2 Å². The quantitative estimate of drug-likeness (QED) is 0.645. The zero-order chi connectivity index (χ0) is 19.5. The lowest BCUT2D eigenvalue weighted by atomic mass is 10.2. The largest absolute Gasteiger partial charge is 0.325 e. The maximum atomic E-state index is 12.6. The molecule has 1 atom stereocenters. The number of benzene rings is 1. The van der Waals surface area contributed by atoms with Gasteiger partial charge in [-0.05, 0) is 50.1 Å². The molecule has 8 heteroatoms. The lowest BCUT2D eigenvalue weighted by Gasteiger charge is -2.13. The van der Waals surface area contributed by atoms with Crippen molar-refractivity contribution in [3.63, 3.8) is 0 Å². The molecule has 4 rings (SSSR count). The number of pyridine rings is 1. The lowest BCUT2D eigenvalue weighted by Crippen LogP contribution is -2.23. The van der Waals surface area contributed by atoms with Gasteiger partial charge in [0.25, 0.3) is 0 Å². The predicted octanol–water partition coefficient (Wildman–Crippen LogP) is 3.67. The van der Waals surface area contributed by atoms with Gasteiger partial charge in [-0.2, -0.15) is 5.26 Å². The number of nitrogens with one attached hydrogen (secondary N) is 1. The van der Waals surface area contributed by atoms with Gasteiger partial charge in [0.1, 0.15) is 0 Å². The van der Waals surface area contributed by atoms with Crippen LogP contribution in [0.2, 0.25) is 0 Å². The molecule has 1 aliphatic rings. The van der Waals surface area contributed by atoms with Crippen LogP contribution in [-0.2, 0) is 4.79 Å². The molecule has 0 aliphatic heterocycles. The first-order chi connectivity index (χ1) is 13.7. The average molecular weight is 390 g/mol. The molecule has 2 aromatic heterocycles. The van der Waals surface area contributed by atoms with Gasteiger partial charge >= 0.3 is 0 Å². The number of rotatable bonds is 6. The maximum absolute atomic E-state index is 12.6. The van der Waals surface area contributed by atoms with E-state index in [1.165, 1.54) is 11.8 Å². The fraction of sp³-hybridized carbons (Fsp3) is 0.250. The molecule has 1 saturated carbocycles. The fourth-order valence-corrected chi connectivity index (χ4v) is 3.75. The molecule has 0 bridgehead atoms. The number of hydrogen-bond acceptors (Lipinski definition) is 6. The summed E-state index contributed by atoms with van der Waals surface area (Å²) in [6.07, 6.45) is 5.67. The first-order valence-electron chi connectivity index (χ1n) is 8.98. The Balaban J connectivity index is 1.51. The van der Waals surface area contributed by atoms with Crippen LogP contribution in [0.4, 0.5) is 5.69 Å². The molecule has 140 valence electrons. The Bertz CT molecular complexity index is 1040. The molecule has 7 nitrogen and oxygen atoms in total. The van der Waals surface area contributed by atoms with Gasteiger partial charge in [-0.3, -0.25) is 14.3 Å². The van der Waals surface area contributed by atoms with Crippen molar-refractivity contribution in [2.75, 3.05) is 5.32 Å². The van der Waals surface area contributed by atoms with Crippen LogP contribution in [0.5, 0.6) is 0 Å². The van der Waals surface area contributed by atoms with Crippen molar-refractivity contribution in [1.29, 1.82) is 5.26 Å². The van der Waals surface area contributed by atoms with Crippen molar-refractivity contribution in [2.24, 2.45) is 0 Å². The third-order valence-corrected chi connectivity index (χ3v) is 5.46. The second-order valence-corrected chi connectivity index (χ2v) is 7.90. The van der Waals surface area contributed by atoms with E-state index in [-0.39, 0.29) is 11.2 Å². The summed E-state index contributed by atoms with van der Waals surface area (Å²) >= 11 is 1.38. The van der Waals surface area contributed by atoms with Crippen molar-refractivity contribution >= 4 is 23.4 Å². The molecular formula is C20H18N6OS. The Labute approximate surface area is 166 Å². The Morgan fingerprint density at radius 2 is 2.18 bits per heavy atom. The smallest absolute Gasteiger partial charge is 0.237 e. The van der Waals surface area contributed by atoms with E-state index in [1.807, 2.05) is 19.1 Å². The number of nitrogens with zero attached hydrogens (tertiary/aromatic N) is 5. The van der Waals surface area contributed by atoms with Gasteiger partial charge in [0.2, 0.25) is 5.91 Å². The van der Waals surface area contributed by atoms with Gasteiger partial charge in [-0.25, -0.2) is 0 Å². The zero-order valence-corrected chi connectivity index (χ0v) is 16.1. The first kappa shape index (κ1) is 18.2. The normalized spacial score (nSPS) is 14.3. The van der Waals surface area contributed by atoms with Crippen LogP contribution in [0.15, 0.2) is 53.9 Å². The fourth-order valence-electron chi connectivity index (χ4n) is 2.83. The number of nitriles is 1. The van der Waals surface area contributed by atoms with Gasteiger partial charge in [0.05, 0.1) is 16.9 Å². The Morgan fingerprint density at radius 1 is 1.32 bits per heavy atom. The molecule has 1 fully saturated rings. The number of thioether (sulfide) groups is 1. The van der Waals surface area contributed by atoms with Crippen molar-refractivity contribution in [3.8, 4) is 17.5 Å². The number of anilines is 1. The molecule has 0 spiro atoms. The van der Waals surface area contributed by atoms with E-state index in [1.54, 1.807) is 36.7 Å². The van der Waals surface area contributed by atoms with Crippen molar-refractivity contribution in [1.82, 2.24) is 19.7 Å². The third-order valence-electron chi connectivity index (χ3n) is 4.41. The van der Waals surface area contributed by atoms with Crippen molar-refractivity contribution in [2.45, 2.75) is 36.2 Å². The van der Waals surface area contributed by atoms with E-state index in [0.717, 1.165) is 29.4 Å². The molecule has 1 N–H and O–H groups in total. The summed E-state index contributed by atoms with van der Waals surface area (Å²) in [6, 6.07) is 13.1. The Morgan fingerprint density at radius 3 is 2.89 bits per heavy atom. The second-order valence-electron chi connectivity index (χ2n) is 6.59. The van der Waals surface area contributed by atoms with Crippen molar-refractivity contribution < 1.29 is 4.79 Å². The highest BCUT2D eigenvalue weighted by molar-refractivity contribution is 8.00. The van der Waals surface area contributed by atoms with Crippen LogP contribution in [0, 0.1) is 11.3 Å². The average Bonchev–Trinajstić information content (AvgIpc) is 3.48. The number of amides is 1. The van der Waals surface area contributed by atoms with Crippen molar-refractivity contribution in [3.05, 3.63) is 54.4 Å². The molecule has 28 heavy (non-hydrogen) atoms. The number of carbonyl (C=O) groups is 1. The minimum Gasteiger partial charge on any atom is -0.325 e. The van der Waals surface area contributed by atoms with Gasteiger partial charge in [0, 0.05) is 29.7 Å². The van der Waals surface area contributed by atoms with Gasteiger partial charge in [0.15, 0.2) is 11.0 Å². The molecule has 1 aromatic carbocycles. The SMILES string of the molecule is C[C@@H](Sc1nnc(-c2cccnc2)n1C1CC1)C(=O)Nc1cccc(C#N)c1. The van der Waals surface area contributed by atoms with E-state index in [0.29, 0.717) is 17.3 Å². The predicted molar refractivity (Wildman–Crippen MR) is 107 cm³/mol. The van der Waals surface area contributed by atoms with E-state index >= 15 is 0 Å². The standard InChI is InChI=1S/C20H18N6OS/c1-13(19(27)23-16-6-2-4-14(10-16)11-21)28-20-25-24-18(26(20)17-7-8-17)15-5-3-9-22-12-15/h2-6,9-10,12-13,17H,7-8H2,1H3,(H,23,27)/t13-/m1/s1. The third kappa shape index (κ3) is 3.89. The highest BCUT2D eigenvalue weighted by atomic mass is 32.2.